The van der Waals surface area contributed by atoms with Crippen molar-refractivity contribution in [3.8, 4) is 0 Å². The first-order chi connectivity index (χ1) is 6.16. The molecule has 4 nitrogen and oxygen atoms in total. The predicted molar refractivity (Wildman–Crippen MR) is 53.2 cm³/mol. The largest absolute Gasteiger partial charge is 0.461 e. The molecule has 0 saturated heterocycles. The molecule has 72 valence electrons. The Morgan fingerprint density at radius 1 is 1.77 bits per heavy atom. The molecule has 6 heteroatoms. The van der Waals surface area contributed by atoms with E-state index in [9.17, 15) is 4.79 Å². The van der Waals surface area contributed by atoms with Gasteiger partial charge in [0.1, 0.15) is 0 Å². The highest BCUT2D eigenvalue weighted by atomic mass is 79.9. The molecule has 0 amide bonds. The number of hydrogen-bond donors (Lipinski definition) is 0. The minimum atomic E-state index is -0.405. The molecule has 1 atom stereocenters. The maximum absolute atomic E-state index is 11.3. The Morgan fingerprint density at radius 2 is 2.46 bits per heavy atom. The number of nitrogens with zero attached hydrogens (tertiary/aromatic N) is 2. The molecule has 1 unspecified atom stereocenters. The number of alkyl halides is 1. The number of ether oxygens (including phenoxy) is 1. The van der Waals surface area contributed by atoms with E-state index < -0.39 is 5.97 Å². The summed E-state index contributed by atoms with van der Waals surface area (Å²) in [5.41, 5.74) is 0.316. The molecule has 1 aromatic heterocycles. The maximum Gasteiger partial charge on any atom is 0.360 e. The summed E-state index contributed by atoms with van der Waals surface area (Å²) in [4.78, 5) is 12.2. The quantitative estimate of drug-likeness (QED) is 0.620. The van der Waals surface area contributed by atoms with Crippen molar-refractivity contribution in [2.45, 2.75) is 18.7 Å². The number of rotatable bonds is 3. The molecule has 0 spiro atoms. The zero-order valence-electron chi connectivity index (χ0n) is 7.28. The molecule has 0 aliphatic heterocycles. The van der Waals surface area contributed by atoms with Crippen LogP contribution >= 0.6 is 27.5 Å². The van der Waals surface area contributed by atoms with E-state index in [1.165, 1.54) is 11.5 Å². The van der Waals surface area contributed by atoms with Crippen LogP contribution in [0.25, 0.3) is 0 Å². The molecule has 0 aromatic carbocycles. The first-order valence-corrected chi connectivity index (χ1v) is 5.49. The monoisotopic (exact) mass is 264 g/mol. The van der Waals surface area contributed by atoms with Gasteiger partial charge in [-0.3, -0.25) is 0 Å². The third-order valence-electron chi connectivity index (χ3n) is 1.34. The predicted octanol–water partition coefficient (Wildman–Crippen LogP) is 2.17. The lowest BCUT2D eigenvalue weighted by Gasteiger charge is -2.01. The van der Waals surface area contributed by atoms with Crippen molar-refractivity contribution in [2.24, 2.45) is 0 Å². The molecule has 1 rings (SSSR count). The fourth-order valence-electron chi connectivity index (χ4n) is 0.800. The standard InChI is InChI=1S/C7H9BrN2O2S/c1-3-12-7(11)5-6(4(2)8)13-10-9-5/h4H,3H2,1-2H3. The van der Waals surface area contributed by atoms with E-state index in [0.717, 1.165) is 4.88 Å². The number of halogens is 1. The maximum atomic E-state index is 11.3. The molecule has 0 radical (unpaired) electrons. The highest BCUT2D eigenvalue weighted by molar-refractivity contribution is 9.09. The van der Waals surface area contributed by atoms with Gasteiger partial charge in [0, 0.05) is 0 Å². The van der Waals surface area contributed by atoms with E-state index >= 15 is 0 Å². The van der Waals surface area contributed by atoms with E-state index in [1.807, 2.05) is 6.92 Å². The van der Waals surface area contributed by atoms with Crippen molar-refractivity contribution in [3.63, 3.8) is 0 Å². The van der Waals surface area contributed by atoms with Crippen molar-refractivity contribution in [2.75, 3.05) is 6.61 Å². The summed E-state index contributed by atoms with van der Waals surface area (Å²) in [6.45, 7) is 4.03. The van der Waals surface area contributed by atoms with Gasteiger partial charge in [0.25, 0.3) is 0 Å². The second-order valence-corrected chi connectivity index (χ2v) is 4.48. The molecular formula is C7H9BrN2O2S. The number of hydrogen-bond acceptors (Lipinski definition) is 5. The van der Waals surface area contributed by atoms with Crippen LogP contribution in [0.3, 0.4) is 0 Å². The van der Waals surface area contributed by atoms with Crippen molar-refractivity contribution in [3.05, 3.63) is 10.6 Å². The minimum absolute atomic E-state index is 0.0758. The Kier molecular flexibility index (Phi) is 3.80. The zero-order chi connectivity index (χ0) is 9.84. The zero-order valence-corrected chi connectivity index (χ0v) is 9.68. The van der Waals surface area contributed by atoms with Gasteiger partial charge in [0.05, 0.1) is 16.3 Å². The van der Waals surface area contributed by atoms with E-state index in [1.54, 1.807) is 6.92 Å². The van der Waals surface area contributed by atoms with Gasteiger partial charge < -0.3 is 4.74 Å². The van der Waals surface area contributed by atoms with Gasteiger partial charge in [-0.05, 0) is 25.4 Å². The van der Waals surface area contributed by atoms with Crippen LogP contribution in [0, 0.1) is 0 Å². The Labute approximate surface area is 88.6 Å². The van der Waals surface area contributed by atoms with E-state index in [2.05, 4.69) is 25.5 Å². The minimum Gasteiger partial charge on any atom is -0.461 e. The highest BCUT2D eigenvalue weighted by Crippen LogP contribution is 2.27. The van der Waals surface area contributed by atoms with E-state index in [4.69, 9.17) is 4.74 Å². The van der Waals surface area contributed by atoms with Crippen molar-refractivity contribution in [1.82, 2.24) is 9.59 Å². The summed E-state index contributed by atoms with van der Waals surface area (Å²) in [5, 5.41) is 3.72. The summed E-state index contributed by atoms with van der Waals surface area (Å²) in [6, 6.07) is 0. The lowest BCUT2D eigenvalue weighted by molar-refractivity contribution is 0.0518. The third-order valence-corrected chi connectivity index (χ3v) is 3.01. The summed E-state index contributed by atoms with van der Waals surface area (Å²) >= 11 is 4.56. The lowest BCUT2D eigenvalue weighted by atomic mass is 10.3. The Morgan fingerprint density at radius 3 is 3.00 bits per heavy atom. The van der Waals surface area contributed by atoms with Crippen LogP contribution in [0.4, 0.5) is 0 Å². The van der Waals surface area contributed by atoms with Crippen LogP contribution in [0.1, 0.15) is 34.0 Å². The molecular weight excluding hydrogens is 256 g/mol. The van der Waals surface area contributed by atoms with Crippen LogP contribution in [0.5, 0.6) is 0 Å². The van der Waals surface area contributed by atoms with Crippen LogP contribution in [-0.4, -0.2) is 22.2 Å². The molecule has 0 aliphatic carbocycles. The summed E-state index contributed by atoms with van der Waals surface area (Å²) in [7, 11) is 0. The van der Waals surface area contributed by atoms with E-state index in [0.29, 0.717) is 12.3 Å². The third kappa shape index (κ3) is 2.47. The second-order valence-electron chi connectivity index (χ2n) is 2.32. The first-order valence-electron chi connectivity index (χ1n) is 3.80. The topological polar surface area (TPSA) is 52.1 Å². The normalized spacial score (nSPS) is 12.5. The van der Waals surface area contributed by atoms with Gasteiger partial charge in [-0.2, -0.15) is 0 Å². The first kappa shape index (κ1) is 10.6. The number of carbonyl (C=O) groups is 1. The number of esters is 1. The molecule has 1 aromatic rings. The number of aromatic nitrogens is 2. The average molecular weight is 265 g/mol. The van der Waals surface area contributed by atoms with Crippen molar-refractivity contribution >= 4 is 33.4 Å². The van der Waals surface area contributed by atoms with Gasteiger partial charge in [-0.15, -0.1) is 5.10 Å². The van der Waals surface area contributed by atoms with Gasteiger partial charge in [-0.25, -0.2) is 4.79 Å². The van der Waals surface area contributed by atoms with Gasteiger partial charge >= 0.3 is 5.97 Å². The summed E-state index contributed by atoms with van der Waals surface area (Å²) in [6.07, 6.45) is 0. The van der Waals surface area contributed by atoms with Crippen LogP contribution in [0.15, 0.2) is 0 Å². The fraction of sp³-hybridized carbons (Fsp3) is 0.571. The fourth-order valence-corrected chi connectivity index (χ4v) is 1.83. The molecule has 0 bridgehead atoms. The molecule has 1 heterocycles. The van der Waals surface area contributed by atoms with E-state index in [-0.39, 0.29) is 4.83 Å². The Hall–Kier alpha value is -0.490. The van der Waals surface area contributed by atoms with Gasteiger partial charge in [0.2, 0.25) is 0 Å². The molecule has 13 heavy (non-hydrogen) atoms. The Balaban J connectivity index is 2.87. The molecule has 0 saturated carbocycles. The molecule has 0 aliphatic rings. The second kappa shape index (κ2) is 4.66. The molecule has 0 N–H and O–H groups in total. The Bertz CT molecular complexity index is 300. The highest BCUT2D eigenvalue weighted by Gasteiger charge is 2.20. The SMILES string of the molecule is CCOC(=O)c1nnsc1C(C)Br. The van der Waals surface area contributed by atoms with Crippen LogP contribution < -0.4 is 0 Å². The average Bonchev–Trinajstić information content (AvgIpc) is 2.52. The van der Waals surface area contributed by atoms with Gasteiger partial charge in [0.15, 0.2) is 5.69 Å². The van der Waals surface area contributed by atoms with Crippen LogP contribution in [-0.2, 0) is 4.74 Å². The van der Waals surface area contributed by atoms with Gasteiger partial charge in [-0.1, -0.05) is 20.4 Å². The number of carbonyl (C=O) groups excluding carboxylic acids is 1. The smallest absolute Gasteiger partial charge is 0.360 e. The molecule has 0 fully saturated rings. The lowest BCUT2D eigenvalue weighted by Crippen LogP contribution is -2.07. The summed E-state index contributed by atoms with van der Waals surface area (Å²) in [5.74, 6) is -0.405. The van der Waals surface area contributed by atoms with Crippen molar-refractivity contribution in [1.29, 1.82) is 0 Å². The van der Waals surface area contributed by atoms with Crippen molar-refractivity contribution < 1.29 is 9.53 Å². The van der Waals surface area contributed by atoms with Crippen LogP contribution in [0.2, 0.25) is 0 Å². The summed E-state index contributed by atoms with van der Waals surface area (Å²) < 4.78 is 8.53.